The molecule has 0 radical (unpaired) electrons. The van der Waals surface area contributed by atoms with Crippen molar-refractivity contribution < 1.29 is 14.3 Å². The normalized spacial score (nSPS) is 10.4. The number of hydrogen-bond acceptors (Lipinski definition) is 5. The second kappa shape index (κ2) is 9.91. The highest BCUT2D eigenvalue weighted by molar-refractivity contribution is 7.17. The topological polar surface area (TPSA) is 83.6 Å². The fourth-order valence-electron chi connectivity index (χ4n) is 2.65. The highest BCUT2D eigenvalue weighted by Crippen LogP contribution is 2.26. The molecule has 0 spiro atoms. The zero-order valence-corrected chi connectivity index (χ0v) is 17.0. The zero-order chi connectivity index (χ0) is 19.8. The molecule has 8 heteroatoms. The van der Waals surface area contributed by atoms with Crippen molar-refractivity contribution in [1.82, 2.24) is 9.88 Å². The van der Waals surface area contributed by atoms with Gasteiger partial charge >= 0.3 is 6.03 Å². The standard InChI is InChI=1S/C19H26N4O3S/c1-5-11-23(12-6-2)17(24)16-13(3)20-19(27-16)22-18(25)21-14-9-7-8-10-15(14)26-4/h7-10H,5-6,11-12H2,1-4H3,(H2,20,21,22,25). The van der Waals surface area contributed by atoms with Crippen LogP contribution in [0.1, 0.15) is 42.1 Å². The van der Waals surface area contributed by atoms with Gasteiger partial charge in [0, 0.05) is 13.1 Å². The molecule has 0 aliphatic carbocycles. The Kier molecular flexibility index (Phi) is 7.60. The summed E-state index contributed by atoms with van der Waals surface area (Å²) < 4.78 is 5.22. The van der Waals surface area contributed by atoms with Crippen LogP contribution < -0.4 is 15.4 Å². The average molecular weight is 391 g/mol. The first-order valence-corrected chi connectivity index (χ1v) is 9.79. The molecule has 0 unspecified atom stereocenters. The maximum Gasteiger partial charge on any atom is 0.325 e. The van der Waals surface area contributed by atoms with Gasteiger partial charge in [0.1, 0.15) is 10.6 Å². The summed E-state index contributed by atoms with van der Waals surface area (Å²) in [5, 5.41) is 5.80. The summed E-state index contributed by atoms with van der Waals surface area (Å²) in [6.07, 6.45) is 1.80. The van der Waals surface area contributed by atoms with Crippen molar-refractivity contribution in [2.45, 2.75) is 33.6 Å². The second-order valence-electron chi connectivity index (χ2n) is 6.01. The number of hydrogen-bond donors (Lipinski definition) is 2. The molecule has 2 rings (SSSR count). The average Bonchev–Trinajstić information content (AvgIpc) is 3.01. The molecular formula is C19H26N4O3S. The molecule has 27 heavy (non-hydrogen) atoms. The summed E-state index contributed by atoms with van der Waals surface area (Å²) in [5.74, 6) is 0.528. The molecular weight excluding hydrogens is 364 g/mol. The Labute approximate surface area is 163 Å². The van der Waals surface area contributed by atoms with Crippen LogP contribution in [-0.2, 0) is 0 Å². The van der Waals surface area contributed by atoms with E-state index in [1.807, 2.05) is 24.8 Å². The maximum absolute atomic E-state index is 12.8. The third-order valence-electron chi connectivity index (χ3n) is 3.84. The molecule has 146 valence electrons. The van der Waals surface area contributed by atoms with Crippen LogP contribution in [0.4, 0.5) is 15.6 Å². The molecule has 7 nitrogen and oxygen atoms in total. The Morgan fingerprint density at radius 3 is 2.44 bits per heavy atom. The van der Waals surface area contributed by atoms with Crippen molar-refractivity contribution in [3.05, 3.63) is 34.8 Å². The van der Waals surface area contributed by atoms with Gasteiger partial charge < -0.3 is 15.0 Å². The Morgan fingerprint density at radius 2 is 1.81 bits per heavy atom. The van der Waals surface area contributed by atoms with Gasteiger partial charge in [0.25, 0.3) is 5.91 Å². The molecule has 2 aromatic rings. The van der Waals surface area contributed by atoms with E-state index in [2.05, 4.69) is 15.6 Å². The second-order valence-corrected chi connectivity index (χ2v) is 7.00. The van der Waals surface area contributed by atoms with Gasteiger partial charge in [-0.15, -0.1) is 0 Å². The minimum Gasteiger partial charge on any atom is -0.495 e. The third kappa shape index (κ3) is 5.43. The number of rotatable bonds is 8. The number of methoxy groups -OCH3 is 1. The van der Waals surface area contributed by atoms with Crippen LogP contribution in [0.3, 0.4) is 0 Å². The first-order valence-electron chi connectivity index (χ1n) is 8.97. The third-order valence-corrected chi connectivity index (χ3v) is 4.90. The van der Waals surface area contributed by atoms with Crippen LogP contribution in [0.5, 0.6) is 5.75 Å². The van der Waals surface area contributed by atoms with Gasteiger partial charge in [-0.05, 0) is 31.9 Å². The SMILES string of the molecule is CCCN(CCC)C(=O)c1sc(NC(=O)Nc2ccccc2OC)nc1C. The molecule has 0 fully saturated rings. The fraction of sp³-hybridized carbons (Fsp3) is 0.421. The van der Waals surface area contributed by atoms with Gasteiger partial charge in [-0.3, -0.25) is 10.1 Å². The molecule has 0 aliphatic heterocycles. The number of aryl methyl sites for hydroxylation is 1. The summed E-state index contributed by atoms with van der Waals surface area (Å²) in [4.78, 5) is 31.8. The number of aromatic nitrogens is 1. The maximum atomic E-state index is 12.8. The first kappa shape index (κ1) is 20.7. The van der Waals surface area contributed by atoms with E-state index in [0.29, 0.717) is 40.2 Å². The number of nitrogens with one attached hydrogen (secondary N) is 2. The molecule has 0 saturated heterocycles. The molecule has 0 aliphatic rings. The molecule has 1 aromatic carbocycles. The zero-order valence-electron chi connectivity index (χ0n) is 16.2. The van der Waals surface area contributed by atoms with Gasteiger partial charge in [0.2, 0.25) is 0 Å². The van der Waals surface area contributed by atoms with E-state index < -0.39 is 6.03 Å². The summed E-state index contributed by atoms with van der Waals surface area (Å²) in [6, 6.07) is 6.69. The predicted molar refractivity (Wildman–Crippen MR) is 109 cm³/mol. The molecule has 1 aromatic heterocycles. The van der Waals surface area contributed by atoms with Crippen LogP contribution in [0, 0.1) is 6.92 Å². The Hall–Kier alpha value is -2.61. The first-order chi connectivity index (χ1) is 13.0. The fourth-order valence-corrected chi connectivity index (χ4v) is 3.57. The van der Waals surface area contributed by atoms with Crippen molar-refractivity contribution in [1.29, 1.82) is 0 Å². The lowest BCUT2D eigenvalue weighted by molar-refractivity contribution is 0.0759. The number of nitrogens with zero attached hydrogens (tertiary/aromatic N) is 2. The summed E-state index contributed by atoms with van der Waals surface area (Å²) in [6.45, 7) is 7.29. The van der Waals surface area contributed by atoms with Gasteiger partial charge in [-0.25, -0.2) is 9.78 Å². The van der Waals surface area contributed by atoms with E-state index in [1.165, 1.54) is 11.3 Å². The van der Waals surface area contributed by atoms with Crippen LogP contribution in [0.25, 0.3) is 0 Å². The number of carbonyl (C=O) groups is 2. The Bertz CT molecular complexity index is 785. The van der Waals surface area contributed by atoms with Crippen LogP contribution >= 0.6 is 11.3 Å². The highest BCUT2D eigenvalue weighted by atomic mass is 32.1. The van der Waals surface area contributed by atoms with Crippen LogP contribution in [0.15, 0.2) is 24.3 Å². The van der Waals surface area contributed by atoms with Crippen molar-refractivity contribution >= 4 is 34.1 Å². The van der Waals surface area contributed by atoms with E-state index in [9.17, 15) is 9.59 Å². The summed E-state index contributed by atoms with van der Waals surface area (Å²) >= 11 is 1.19. The van der Waals surface area contributed by atoms with Crippen molar-refractivity contribution in [3.63, 3.8) is 0 Å². The van der Waals surface area contributed by atoms with Crippen LogP contribution in [-0.4, -0.2) is 42.0 Å². The number of para-hydroxylation sites is 2. The number of benzene rings is 1. The molecule has 0 atom stereocenters. The minimum absolute atomic E-state index is 0.0353. The van der Waals surface area contributed by atoms with Gasteiger partial charge in [0.15, 0.2) is 5.13 Å². The van der Waals surface area contributed by atoms with Crippen molar-refractivity contribution in [2.24, 2.45) is 0 Å². The molecule has 1 heterocycles. The molecule has 2 N–H and O–H groups in total. The number of anilines is 2. The van der Waals surface area contributed by atoms with Crippen molar-refractivity contribution in [3.8, 4) is 5.75 Å². The van der Waals surface area contributed by atoms with E-state index in [1.54, 1.807) is 32.2 Å². The molecule has 0 saturated carbocycles. The van der Waals surface area contributed by atoms with E-state index >= 15 is 0 Å². The van der Waals surface area contributed by atoms with Crippen LogP contribution in [0.2, 0.25) is 0 Å². The monoisotopic (exact) mass is 390 g/mol. The minimum atomic E-state index is -0.439. The summed E-state index contributed by atoms with van der Waals surface area (Å²) in [7, 11) is 1.54. The van der Waals surface area contributed by atoms with Gasteiger partial charge in [0.05, 0.1) is 18.5 Å². The summed E-state index contributed by atoms with van der Waals surface area (Å²) in [5.41, 5.74) is 1.17. The van der Waals surface area contributed by atoms with E-state index in [-0.39, 0.29) is 5.91 Å². The van der Waals surface area contributed by atoms with Crippen molar-refractivity contribution in [2.75, 3.05) is 30.8 Å². The number of carbonyl (C=O) groups excluding carboxylic acids is 2. The lowest BCUT2D eigenvalue weighted by atomic mass is 10.3. The van der Waals surface area contributed by atoms with Gasteiger partial charge in [-0.1, -0.05) is 37.3 Å². The number of amides is 3. The highest BCUT2D eigenvalue weighted by Gasteiger charge is 2.21. The van der Waals surface area contributed by atoms with E-state index in [4.69, 9.17) is 4.74 Å². The van der Waals surface area contributed by atoms with E-state index in [0.717, 1.165) is 12.8 Å². The largest absolute Gasteiger partial charge is 0.495 e. The number of urea groups is 1. The predicted octanol–water partition coefficient (Wildman–Crippen LogP) is 4.37. The Balaban J connectivity index is 2.09. The molecule has 3 amide bonds. The molecule has 0 bridgehead atoms. The smallest absolute Gasteiger partial charge is 0.325 e. The Morgan fingerprint density at radius 1 is 1.15 bits per heavy atom. The quantitative estimate of drug-likeness (QED) is 0.701. The number of thiazole rings is 1. The lowest BCUT2D eigenvalue weighted by Crippen LogP contribution is -2.32. The number of ether oxygens (including phenoxy) is 1. The lowest BCUT2D eigenvalue weighted by Gasteiger charge is -2.20. The van der Waals surface area contributed by atoms with Gasteiger partial charge in [-0.2, -0.15) is 0 Å².